The standard InChI is InChI=1S/C33H35F3N6O2/c1-20(34)32(43)42-14-13-41(18-24(42)16-37-2)31-28-12-11-27(26-10-6-8-21-7-4-5-9-25(21)26)29(36)30(28)38-33(39-31)44-19-23-15-22(35)17-40(23)3/h6,8,10-12,22-24H,1,4-5,7,9,13-19H2,3H3/t22-,23+,24+/m1/s1. The molecule has 2 aromatic carbocycles. The second-order valence-corrected chi connectivity index (χ2v) is 11.9. The van der Waals surface area contributed by atoms with Crippen LogP contribution in [0.2, 0.25) is 0 Å². The van der Waals surface area contributed by atoms with Gasteiger partial charge in [-0.2, -0.15) is 9.97 Å². The fraction of sp³-hybridized carbons (Fsp3) is 0.455. The highest BCUT2D eigenvalue weighted by Crippen LogP contribution is 2.38. The fourth-order valence-electron chi connectivity index (χ4n) is 6.78. The van der Waals surface area contributed by atoms with Crippen LogP contribution in [0.1, 0.15) is 30.4 Å². The lowest BCUT2D eigenvalue weighted by molar-refractivity contribution is -0.131. The maximum Gasteiger partial charge on any atom is 0.319 e. The number of halogens is 3. The second kappa shape index (κ2) is 12.4. The minimum Gasteiger partial charge on any atom is -0.462 e. The van der Waals surface area contributed by atoms with Gasteiger partial charge >= 0.3 is 6.01 Å². The molecule has 8 nitrogen and oxygen atoms in total. The van der Waals surface area contributed by atoms with Crippen molar-refractivity contribution >= 4 is 22.6 Å². The summed E-state index contributed by atoms with van der Waals surface area (Å²) in [6, 6.07) is 8.74. The average Bonchev–Trinajstić information content (AvgIpc) is 3.35. The SMILES string of the molecule is [C-]#[N+]C[C@H]1CN(c2nc(OC[C@@H]3C[C@@H](F)CN3C)nc3c(F)c(-c4cccc5c4CCCC5)ccc23)CCN1C(=O)C(=C)F. The van der Waals surface area contributed by atoms with E-state index in [9.17, 15) is 13.6 Å². The smallest absolute Gasteiger partial charge is 0.319 e. The molecule has 1 aliphatic carbocycles. The van der Waals surface area contributed by atoms with Gasteiger partial charge in [-0.15, -0.1) is 0 Å². The summed E-state index contributed by atoms with van der Waals surface area (Å²) < 4.78 is 50.4. The van der Waals surface area contributed by atoms with Crippen molar-refractivity contribution in [1.29, 1.82) is 0 Å². The number of amides is 1. The summed E-state index contributed by atoms with van der Waals surface area (Å²) >= 11 is 0. The van der Waals surface area contributed by atoms with Gasteiger partial charge in [-0.05, 0) is 61.9 Å². The number of anilines is 1. The Kier molecular flexibility index (Phi) is 8.45. The van der Waals surface area contributed by atoms with Gasteiger partial charge in [0.1, 0.15) is 30.2 Å². The molecule has 0 bridgehead atoms. The van der Waals surface area contributed by atoms with E-state index in [2.05, 4.69) is 27.5 Å². The third-order valence-electron chi connectivity index (χ3n) is 9.07. The van der Waals surface area contributed by atoms with Crippen molar-refractivity contribution in [3.63, 3.8) is 0 Å². The topological polar surface area (TPSA) is 66.2 Å². The van der Waals surface area contributed by atoms with Crippen LogP contribution in [0.15, 0.2) is 42.7 Å². The molecule has 44 heavy (non-hydrogen) atoms. The average molecular weight is 605 g/mol. The van der Waals surface area contributed by atoms with E-state index >= 15 is 4.39 Å². The normalized spacial score (nSPS) is 22.1. The Morgan fingerprint density at radius 3 is 2.68 bits per heavy atom. The largest absolute Gasteiger partial charge is 0.462 e. The van der Waals surface area contributed by atoms with Gasteiger partial charge in [0.2, 0.25) is 6.54 Å². The first-order valence-corrected chi connectivity index (χ1v) is 15.1. The molecule has 0 N–H and O–H groups in total. The summed E-state index contributed by atoms with van der Waals surface area (Å²) in [6.07, 6.45) is 3.39. The maximum absolute atomic E-state index is 16.6. The highest BCUT2D eigenvalue weighted by molar-refractivity contribution is 5.94. The predicted molar refractivity (Wildman–Crippen MR) is 162 cm³/mol. The first kappa shape index (κ1) is 29.9. The molecule has 11 heteroatoms. The first-order chi connectivity index (χ1) is 21.2. The van der Waals surface area contributed by atoms with Gasteiger partial charge in [-0.1, -0.05) is 30.8 Å². The zero-order chi connectivity index (χ0) is 31.0. The number of carbonyl (C=O) groups is 1. The number of fused-ring (bicyclic) bond motifs is 2. The lowest BCUT2D eigenvalue weighted by atomic mass is 9.85. The molecule has 3 heterocycles. The zero-order valence-electron chi connectivity index (χ0n) is 24.7. The number of alkyl halides is 1. The quantitative estimate of drug-likeness (QED) is 0.275. The number of hydrogen-bond acceptors (Lipinski definition) is 6. The first-order valence-electron chi connectivity index (χ1n) is 15.1. The van der Waals surface area contributed by atoms with Crippen molar-refractivity contribution in [2.75, 3.05) is 51.3 Å². The van der Waals surface area contributed by atoms with Gasteiger partial charge in [-0.25, -0.2) is 19.7 Å². The molecule has 2 saturated heterocycles. The molecular weight excluding hydrogens is 569 g/mol. The molecule has 0 radical (unpaired) electrons. The molecule has 2 fully saturated rings. The van der Waals surface area contributed by atoms with Crippen molar-refractivity contribution in [2.45, 2.75) is 50.4 Å². The van der Waals surface area contributed by atoms with Gasteiger partial charge in [0.15, 0.2) is 11.6 Å². The third-order valence-corrected chi connectivity index (χ3v) is 9.07. The number of likely N-dealkylation sites (tertiary alicyclic amines) is 1. The van der Waals surface area contributed by atoms with E-state index < -0.39 is 29.8 Å². The molecule has 0 spiro atoms. The van der Waals surface area contributed by atoms with Gasteiger partial charge in [0.25, 0.3) is 5.91 Å². The summed E-state index contributed by atoms with van der Waals surface area (Å²) in [7, 11) is 1.83. The fourth-order valence-corrected chi connectivity index (χ4v) is 6.78. The molecule has 6 rings (SSSR count). The molecule has 1 amide bonds. The number of rotatable bonds is 7. The Balaban J connectivity index is 1.41. The zero-order valence-corrected chi connectivity index (χ0v) is 24.7. The Bertz CT molecular complexity index is 1640. The van der Waals surface area contributed by atoms with E-state index in [0.29, 0.717) is 29.7 Å². The van der Waals surface area contributed by atoms with Crippen LogP contribution in [0.4, 0.5) is 19.0 Å². The molecular formula is C33H35F3N6O2. The van der Waals surface area contributed by atoms with E-state index in [1.807, 2.05) is 29.0 Å². The third kappa shape index (κ3) is 5.71. The van der Waals surface area contributed by atoms with Crippen LogP contribution in [0.25, 0.3) is 26.9 Å². The van der Waals surface area contributed by atoms with Crippen LogP contribution < -0.4 is 9.64 Å². The summed E-state index contributed by atoms with van der Waals surface area (Å²) in [4.78, 5) is 30.2. The van der Waals surface area contributed by atoms with E-state index in [-0.39, 0.29) is 50.4 Å². The number of ether oxygens (including phenoxy) is 1. The number of likely N-dealkylation sites (N-methyl/N-ethyl adjacent to an activating group) is 1. The number of hydrogen-bond donors (Lipinski definition) is 0. The number of benzene rings is 2. The molecule has 230 valence electrons. The minimum absolute atomic E-state index is 0.0354. The molecule has 2 aliphatic heterocycles. The summed E-state index contributed by atoms with van der Waals surface area (Å²) in [5, 5.41) is 0.460. The van der Waals surface area contributed by atoms with Gasteiger partial charge in [-0.3, -0.25) is 9.69 Å². The van der Waals surface area contributed by atoms with E-state index in [1.165, 1.54) is 10.5 Å². The number of nitrogens with zero attached hydrogens (tertiary/aromatic N) is 6. The van der Waals surface area contributed by atoms with E-state index in [1.54, 1.807) is 12.1 Å². The van der Waals surface area contributed by atoms with Crippen molar-refractivity contribution < 1.29 is 22.7 Å². The Morgan fingerprint density at radius 1 is 1.11 bits per heavy atom. The summed E-state index contributed by atoms with van der Waals surface area (Å²) in [5.74, 6) is -2.02. The molecule has 0 saturated carbocycles. The van der Waals surface area contributed by atoms with Gasteiger partial charge in [0, 0.05) is 43.2 Å². The maximum atomic E-state index is 16.6. The van der Waals surface area contributed by atoms with Crippen molar-refractivity contribution in [2.24, 2.45) is 0 Å². The number of carbonyl (C=O) groups excluding carboxylic acids is 1. The molecule has 3 aromatic rings. The lowest BCUT2D eigenvalue weighted by Crippen LogP contribution is -2.56. The van der Waals surface area contributed by atoms with E-state index in [0.717, 1.165) is 36.8 Å². The van der Waals surface area contributed by atoms with E-state index in [4.69, 9.17) is 11.3 Å². The number of aryl methyl sites for hydroxylation is 1. The molecule has 3 aliphatic rings. The van der Waals surface area contributed by atoms with Crippen LogP contribution >= 0.6 is 0 Å². The molecule has 3 atom stereocenters. The Hall–Kier alpha value is -4.17. The molecule has 1 aromatic heterocycles. The Morgan fingerprint density at radius 2 is 1.93 bits per heavy atom. The van der Waals surface area contributed by atoms with Crippen molar-refractivity contribution in [3.8, 4) is 17.1 Å². The lowest BCUT2D eigenvalue weighted by Gasteiger charge is -2.39. The van der Waals surface area contributed by atoms with Crippen LogP contribution in [0.3, 0.4) is 0 Å². The van der Waals surface area contributed by atoms with Crippen LogP contribution in [-0.4, -0.2) is 90.3 Å². The predicted octanol–water partition coefficient (Wildman–Crippen LogP) is 5.16. The summed E-state index contributed by atoms with van der Waals surface area (Å²) in [6.45, 7) is 11.5. The van der Waals surface area contributed by atoms with Crippen LogP contribution in [0.5, 0.6) is 6.01 Å². The highest BCUT2D eigenvalue weighted by atomic mass is 19.1. The Labute approximate surface area is 254 Å². The van der Waals surface area contributed by atoms with Crippen molar-refractivity contribution in [3.05, 3.63) is 71.1 Å². The number of aromatic nitrogens is 2. The van der Waals surface area contributed by atoms with Gasteiger partial charge < -0.3 is 19.4 Å². The molecule has 0 unspecified atom stereocenters. The van der Waals surface area contributed by atoms with Crippen molar-refractivity contribution in [1.82, 2.24) is 19.8 Å². The monoisotopic (exact) mass is 604 g/mol. The number of piperazine rings is 1. The van der Waals surface area contributed by atoms with Crippen LogP contribution in [-0.2, 0) is 17.6 Å². The van der Waals surface area contributed by atoms with Crippen LogP contribution in [0, 0.1) is 12.4 Å². The summed E-state index contributed by atoms with van der Waals surface area (Å²) in [5.41, 5.74) is 3.79. The van der Waals surface area contributed by atoms with Gasteiger partial charge in [0.05, 0.1) is 0 Å². The highest BCUT2D eigenvalue weighted by Gasteiger charge is 2.36. The second-order valence-electron chi connectivity index (χ2n) is 11.9. The minimum atomic E-state index is -1.08.